The van der Waals surface area contributed by atoms with Crippen molar-refractivity contribution in [2.75, 3.05) is 22.6 Å². The Morgan fingerprint density at radius 1 is 1.25 bits per heavy atom. The van der Waals surface area contributed by atoms with Crippen LogP contribution < -0.4 is 21.3 Å². The molecule has 2 aliphatic carbocycles. The molecule has 2 aromatic rings. The first kappa shape index (κ1) is 20.8. The molecule has 1 aromatic carbocycles. The van der Waals surface area contributed by atoms with Gasteiger partial charge < -0.3 is 21.3 Å². The summed E-state index contributed by atoms with van der Waals surface area (Å²) in [5.41, 5.74) is 8.53. The van der Waals surface area contributed by atoms with Crippen LogP contribution in [0.1, 0.15) is 24.8 Å². The molecule has 1 fully saturated rings. The Kier molecular flexibility index (Phi) is 5.25. The average Bonchev–Trinajstić information content (AvgIpc) is 3.34. The molecule has 166 valence electrons. The van der Waals surface area contributed by atoms with Crippen molar-refractivity contribution in [2.24, 2.45) is 23.5 Å². The van der Waals surface area contributed by atoms with Crippen molar-refractivity contribution in [3.8, 4) is 0 Å². The minimum Gasteiger partial charge on any atom is -0.369 e. The molecule has 32 heavy (non-hydrogen) atoms. The molecule has 4 N–H and O–H groups in total. The lowest BCUT2D eigenvalue weighted by atomic mass is 9.88. The van der Waals surface area contributed by atoms with Crippen LogP contribution in [0.2, 0.25) is 5.02 Å². The number of nitrogens with zero attached hydrogens (tertiary/aromatic N) is 3. The Morgan fingerprint density at radius 2 is 2.06 bits per heavy atom. The molecular weight excluding hydrogens is 428 g/mol. The second-order valence-corrected chi connectivity index (χ2v) is 9.12. The number of hydrogen-bond acceptors (Lipinski definition) is 6. The molecule has 0 saturated heterocycles. The van der Waals surface area contributed by atoms with Crippen LogP contribution in [-0.2, 0) is 16.0 Å². The van der Waals surface area contributed by atoms with Gasteiger partial charge in [-0.15, -0.1) is 0 Å². The van der Waals surface area contributed by atoms with Crippen molar-refractivity contribution in [3.63, 3.8) is 0 Å². The number of hydrogen-bond donors (Lipinski definition) is 3. The van der Waals surface area contributed by atoms with E-state index in [4.69, 9.17) is 17.3 Å². The van der Waals surface area contributed by atoms with Crippen LogP contribution in [0.4, 0.5) is 23.1 Å². The van der Waals surface area contributed by atoms with Gasteiger partial charge in [0.25, 0.3) is 0 Å². The largest absolute Gasteiger partial charge is 0.369 e. The van der Waals surface area contributed by atoms with E-state index in [0.29, 0.717) is 23.2 Å². The number of amides is 2. The normalized spacial score (nSPS) is 26.1. The number of nitrogens with two attached hydrogens (primary N) is 1. The van der Waals surface area contributed by atoms with E-state index in [0.717, 1.165) is 36.2 Å². The molecular formula is C23H25ClN6O2. The van der Waals surface area contributed by atoms with Crippen LogP contribution in [0.3, 0.4) is 0 Å². The summed E-state index contributed by atoms with van der Waals surface area (Å²) in [6.07, 6.45) is 8.87. The third kappa shape index (κ3) is 3.68. The molecule has 2 amide bonds. The number of allylic oxidation sites excluding steroid dienone is 1. The van der Waals surface area contributed by atoms with Gasteiger partial charge in [-0.2, -0.15) is 4.98 Å². The van der Waals surface area contributed by atoms with Crippen LogP contribution >= 0.6 is 11.6 Å². The zero-order chi connectivity index (χ0) is 22.4. The molecule has 4 atom stereocenters. The number of carbonyl (C=O) groups is 2. The van der Waals surface area contributed by atoms with Crippen LogP contribution in [-0.4, -0.2) is 34.9 Å². The molecule has 4 unspecified atom stereocenters. The van der Waals surface area contributed by atoms with Gasteiger partial charge in [0.2, 0.25) is 17.8 Å². The first-order chi connectivity index (χ1) is 15.4. The molecule has 9 heteroatoms. The summed E-state index contributed by atoms with van der Waals surface area (Å²) in [7, 11) is 1.81. The highest BCUT2D eigenvalue weighted by Crippen LogP contribution is 2.45. The number of primary amides is 1. The van der Waals surface area contributed by atoms with E-state index < -0.39 is 0 Å². The maximum absolute atomic E-state index is 12.1. The number of aromatic nitrogens is 2. The van der Waals surface area contributed by atoms with E-state index in [-0.39, 0.29) is 35.6 Å². The van der Waals surface area contributed by atoms with E-state index in [9.17, 15) is 9.59 Å². The van der Waals surface area contributed by atoms with Gasteiger partial charge >= 0.3 is 0 Å². The molecule has 0 spiro atoms. The van der Waals surface area contributed by atoms with Crippen molar-refractivity contribution < 1.29 is 9.59 Å². The molecule has 1 aromatic heterocycles. The lowest BCUT2D eigenvalue weighted by Gasteiger charge is -2.27. The fraction of sp³-hybridized carbons (Fsp3) is 0.391. The van der Waals surface area contributed by atoms with E-state index in [1.54, 1.807) is 4.90 Å². The molecule has 1 saturated carbocycles. The Hall–Kier alpha value is -3.13. The minimum atomic E-state index is -0.309. The fourth-order valence-electron chi connectivity index (χ4n) is 5.15. The van der Waals surface area contributed by atoms with Crippen molar-refractivity contribution >= 4 is 46.6 Å². The van der Waals surface area contributed by atoms with Gasteiger partial charge in [-0.25, -0.2) is 4.98 Å². The number of carbonyl (C=O) groups excluding carboxylic acids is 2. The van der Waals surface area contributed by atoms with Gasteiger partial charge in [-0.3, -0.25) is 9.59 Å². The highest BCUT2D eigenvalue weighted by atomic mass is 35.5. The summed E-state index contributed by atoms with van der Waals surface area (Å²) in [5, 5.41) is 6.96. The molecule has 1 aliphatic heterocycles. The van der Waals surface area contributed by atoms with Crippen molar-refractivity contribution in [3.05, 3.63) is 47.1 Å². The van der Waals surface area contributed by atoms with Crippen LogP contribution in [0.5, 0.6) is 0 Å². The van der Waals surface area contributed by atoms with E-state index in [2.05, 4.69) is 32.8 Å². The van der Waals surface area contributed by atoms with Crippen molar-refractivity contribution in [1.29, 1.82) is 0 Å². The average molecular weight is 453 g/mol. The first-order valence-corrected chi connectivity index (χ1v) is 11.2. The molecule has 5 rings (SSSR count). The topological polar surface area (TPSA) is 113 Å². The molecule has 0 radical (unpaired) electrons. The Bertz CT molecular complexity index is 1120. The number of nitrogens with one attached hydrogen (secondary N) is 2. The number of anilines is 4. The Morgan fingerprint density at radius 3 is 2.88 bits per heavy atom. The van der Waals surface area contributed by atoms with Gasteiger partial charge in [-0.1, -0.05) is 23.8 Å². The third-order valence-corrected chi connectivity index (χ3v) is 7.02. The maximum Gasteiger partial charge on any atom is 0.229 e. The minimum absolute atomic E-state index is 0.130. The Labute approximate surface area is 191 Å². The molecule has 8 nitrogen and oxygen atoms in total. The monoisotopic (exact) mass is 452 g/mol. The molecule has 2 heterocycles. The summed E-state index contributed by atoms with van der Waals surface area (Å²) in [5.74, 6) is 0.798. The number of fused-ring (bicyclic) bond motifs is 3. The zero-order valence-electron chi connectivity index (χ0n) is 17.7. The summed E-state index contributed by atoms with van der Waals surface area (Å²) in [4.78, 5) is 34.7. The Balaban J connectivity index is 1.37. The maximum atomic E-state index is 12.1. The van der Waals surface area contributed by atoms with E-state index in [1.807, 2.05) is 25.2 Å². The standard InChI is InChI=1S/C23H25ClN6O2/c1-30-17-8-7-15(10-12(17)3-2-4-18(30)31)27-23-26-11-16(24)22(29-23)28-20-14-6-5-13(9-14)19(20)21(25)32/h5-8,10-11,13-14,19-20H,2-4,9H2,1H3,(H2,25,32)(H2,26,27,28,29). The number of aryl methyl sites for hydroxylation is 1. The number of halogens is 1. The van der Waals surface area contributed by atoms with E-state index >= 15 is 0 Å². The summed E-state index contributed by atoms with van der Waals surface area (Å²) < 4.78 is 0. The summed E-state index contributed by atoms with van der Waals surface area (Å²) in [6, 6.07) is 5.74. The van der Waals surface area contributed by atoms with Gasteiger partial charge in [0, 0.05) is 30.9 Å². The third-order valence-electron chi connectivity index (χ3n) is 6.74. The smallest absolute Gasteiger partial charge is 0.229 e. The van der Waals surface area contributed by atoms with Crippen molar-refractivity contribution in [1.82, 2.24) is 9.97 Å². The van der Waals surface area contributed by atoms with Gasteiger partial charge in [0.05, 0.1) is 12.1 Å². The van der Waals surface area contributed by atoms with Gasteiger partial charge in [0.15, 0.2) is 5.82 Å². The zero-order valence-corrected chi connectivity index (χ0v) is 18.5. The van der Waals surface area contributed by atoms with E-state index in [1.165, 1.54) is 6.20 Å². The number of benzene rings is 1. The van der Waals surface area contributed by atoms with Crippen LogP contribution in [0, 0.1) is 17.8 Å². The SMILES string of the molecule is CN1C(=O)CCCc2cc(Nc3ncc(Cl)c(NC4C5C=CC(C5)C4C(N)=O)n3)ccc21. The lowest BCUT2D eigenvalue weighted by Crippen LogP contribution is -2.41. The van der Waals surface area contributed by atoms with Crippen molar-refractivity contribution in [2.45, 2.75) is 31.7 Å². The summed E-state index contributed by atoms with van der Waals surface area (Å²) in [6.45, 7) is 0. The molecule has 3 aliphatic rings. The van der Waals surface area contributed by atoms with Gasteiger partial charge in [-0.05, 0) is 54.9 Å². The highest BCUT2D eigenvalue weighted by Gasteiger charge is 2.47. The molecule has 2 bridgehead atoms. The summed E-state index contributed by atoms with van der Waals surface area (Å²) >= 11 is 6.36. The predicted octanol–water partition coefficient (Wildman–Crippen LogP) is 3.26. The first-order valence-electron chi connectivity index (χ1n) is 10.8. The highest BCUT2D eigenvalue weighted by molar-refractivity contribution is 6.32. The fourth-order valence-corrected chi connectivity index (χ4v) is 5.29. The number of rotatable bonds is 5. The van der Waals surface area contributed by atoms with Crippen LogP contribution in [0.25, 0.3) is 0 Å². The second kappa shape index (κ2) is 8.09. The quantitative estimate of drug-likeness (QED) is 0.600. The predicted molar refractivity (Wildman–Crippen MR) is 124 cm³/mol. The lowest BCUT2D eigenvalue weighted by molar-refractivity contribution is -0.122. The van der Waals surface area contributed by atoms with Crippen LogP contribution in [0.15, 0.2) is 36.5 Å². The van der Waals surface area contributed by atoms with Gasteiger partial charge in [0.1, 0.15) is 5.02 Å². The second-order valence-electron chi connectivity index (χ2n) is 8.71.